The Morgan fingerprint density at radius 2 is 0.333 bits per heavy atom. The van der Waals surface area contributed by atoms with Crippen LogP contribution in [0.1, 0.15) is 0 Å². The van der Waals surface area contributed by atoms with Crippen LogP contribution in [0.15, 0.2) is 182 Å². The standard InChI is InChI=1S/C42H30O6/c1-4-10-31(11-5-1)43-34-16-22-37(23-17-34)46-40-28-41(47-38-24-18-35(19-25-38)44-32-12-6-2-7-13-32)30-42(29-40)48-39-26-20-36(21-27-39)45-33-14-8-3-9-15-33/h1-30H. The molecule has 7 aromatic rings. The summed E-state index contributed by atoms with van der Waals surface area (Å²) < 4.78 is 36.5. The second-order valence-electron chi connectivity index (χ2n) is 10.6. The molecule has 0 bridgehead atoms. The fourth-order valence-corrected chi connectivity index (χ4v) is 4.73. The molecule has 0 atom stereocenters. The van der Waals surface area contributed by atoms with Gasteiger partial charge in [-0.3, -0.25) is 0 Å². The molecule has 0 N–H and O–H groups in total. The van der Waals surface area contributed by atoms with E-state index in [4.69, 9.17) is 28.4 Å². The van der Waals surface area contributed by atoms with Crippen molar-refractivity contribution in [1.29, 1.82) is 0 Å². The van der Waals surface area contributed by atoms with Gasteiger partial charge in [0.15, 0.2) is 0 Å². The van der Waals surface area contributed by atoms with E-state index in [1.807, 2.05) is 182 Å². The number of para-hydroxylation sites is 3. The molecule has 48 heavy (non-hydrogen) atoms. The van der Waals surface area contributed by atoms with Crippen molar-refractivity contribution in [3.63, 3.8) is 0 Å². The maximum absolute atomic E-state index is 6.26. The van der Waals surface area contributed by atoms with Crippen LogP contribution in [0.25, 0.3) is 0 Å². The molecule has 0 aliphatic carbocycles. The molecule has 0 spiro atoms. The Morgan fingerprint density at radius 3 is 0.542 bits per heavy atom. The summed E-state index contributed by atoms with van der Waals surface area (Å²) >= 11 is 0. The molecule has 0 aromatic heterocycles. The molecule has 0 heterocycles. The van der Waals surface area contributed by atoms with E-state index in [1.165, 1.54) is 0 Å². The Bertz CT molecular complexity index is 1780. The van der Waals surface area contributed by atoms with Crippen molar-refractivity contribution in [3.05, 3.63) is 182 Å². The zero-order chi connectivity index (χ0) is 32.4. The highest BCUT2D eigenvalue weighted by molar-refractivity contribution is 5.48. The monoisotopic (exact) mass is 630 g/mol. The molecule has 0 unspecified atom stereocenters. The van der Waals surface area contributed by atoms with E-state index in [9.17, 15) is 0 Å². The van der Waals surface area contributed by atoms with Crippen molar-refractivity contribution >= 4 is 0 Å². The first-order valence-electron chi connectivity index (χ1n) is 15.4. The zero-order valence-electron chi connectivity index (χ0n) is 25.8. The molecule has 0 amide bonds. The second kappa shape index (κ2) is 14.6. The lowest BCUT2D eigenvalue weighted by molar-refractivity contribution is 0.436. The van der Waals surface area contributed by atoms with Gasteiger partial charge in [0.1, 0.15) is 69.0 Å². The van der Waals surface area contributed by atoms with Crippen LogP contribution in [-0.2, 0) is 0 Å². The highest BCUT2D eigenvalue weighted by Gasteiger charge is 2.10. The number of rotatable bonds is 12. The number of hydrogen-bond donors (Lipinski definition) is 0. The summed E-state index contributed by atoms with van der Waals surface area (Å²) in [6, 6.07) is 56.6. The minimum absolute atomic E-state index is 0.535. The summed E-state index contributed by atoms with van der Waals surface area (Å²) in [6.07, 6.45) is 0. The highest BCUT2D eigenvalue weighted by atomic mass is 16.5. The van der Waals surface area contributed by atoms with Crippen LogP contribution in [0.3, 0.4) is 0 Å². The molecule has 0 radical (unpaired) electrons. The lowest BCUT2D eigenvalue weighted by Crippen LogP contribution is -1.92. The maximum atomic E-state index is 6.26. The normalized spacial score (nSPS) is 10.5. The van der Waals surface area contributed by atoms with Crippen molar-refractivity contribution < 1.29 is 28.4 Å². The van der Waals surface area contributed by atoms with Crippen molar-refractivity contribution in [2.75, 3.05) is 0 Å². The molecular weight excluding hydrogens is 600 g/mol. The average Bonchev–Trinajstić information content (AvgIpc) is 3.12. The van der Waals surface area contributed by atoms with Gasteiger partial charge >= 0.3 is 0 Å². The molecule has 0 saturated heterocycles. The Hall–Kier alpha value is -6.66. The quantitative estimate of drug-likeness (QED) is 0.134. The fraction of sp³-hybridized carbons (Fsp3) is 0. The third kappa shape index (κ3) is 8.33. The Kier molecular flexibility index (Phi) is 9.15. The van der Waals surface area contributed by atoms with Crippen LogP contribution in [0, 0.1) is 0 Å². The van der Waals surface area contributed by atoms with Gasteiger partial charge in [-0.2, -0.15) is 0 Å². The second-order valence-corrected chi connectivity index (χ2v) is 10.6. The average molecular weight is 631 g/mol. The predicted molar refractivity (Wildman–Crippen MR) is 186 cm³/mol. The summed E-state index contributed by atoms with van der Waals surface area (Å²) in [5.41, 5.74) is 0. The third-order valence-electron chi connectivity index (χ3n) is 6.97. The first-order chi connectivity index (χ1) is 23.7. The van der Waals surface area contributed by atoms with E-state index in [1.54, 1.807) is 0 Å². The van der Waals surface area contributed by atoms with E-state index in [0.717, 1.165) is 17.2 Å². The van der Waals surface area contributed by atoms with Crippen LogP contribution in [0.4, 0.5) is 0 Å². The van der Waals surface area contributed by atoms with Gasteiger partial charge in [-0.25, -0.2) is 0 Å². The molecule has 6 nitrogen and oxygen atoms in total. The maximum Gasteiger partial charge on any atom is 0.134 e. The molecule has 6 heteroatoms. The fourth-order valence-electron chi connectivity index (χ4n) is 4.73. The molecule has 0 saturated carbocycles. The number of ether oxygens (including phenoxy) is 6. The SMILES string of the molecule is c1ccc(Oc2ccc(Oc3cc(Oc4ccc(Oc5ccccc5)cc4)cc(Oc4ccc(Oc5ccccc5)cc4)c3)cc2)cc1. The molecule has 234 valence electrons. The molecule has 0 aliphatic rings. The lowest BCUT2D eigenvalue weighted by atomic mass is 10.2. The van der Waals surface area contributed by atoms with Crippen molar-refractivity contribution in [3.8, 4) is 69.0 Å². The number of hydrogen-bond acceptors (Lipinski definition) is 6. The van der Waals surface area contributed by atoms with Crippen LogP contribution < -0.4 is 28.4 Å². The zero-order valence-corrected chi connectivity index (χ0v) is 25.8. The molecule has 7 rings (SSSR count). The Morgan fingerprint density at radius 1 is 0.167 bits per heavy atom. The van der Waals surface area contributed by atoms with Crippen LogP contribution >= 0.6 is 0 Å². The third-order valence-corrected chi connectivity index (χ3v) is 6.97. The van der Waals surface area contributed by atoms with Gasteiger partial charge in [-0.15, -0.1) is 0 Å². The smallest absolute Gasteiger partial charge is 0.134 e. The van der Waals surface area contributed by atoms with E-state index < -0.39 is 0 Å². The molecule has 0 fully saturated rings. The topological polar surface area (TPSA) is 55.4 Å². The summed E-state index contributed by atoms with van der Waals surface area (Å²) in [6.45, 7) is 0. The Balaban J connectivity index is 1.09. The van der Waals surface area contributed by atoms with Crippen LogP contribution in [-0.4, -0.2) is 0 Å². The minimum atomic E-state index is 0.535. The molecule has 7 aromatic carbocycles. The summed E-state index contributed by atoms with van der Waals surface area (Å²) in [4.78, 5) is 0. The predicted octanol–water partition coefficient (Wildman–Crippen LogP) is 12.4. The summed E-state index contributed by atoms with van der Waals surface area (Å²) in [7, 11) is 0. The molecular formula is C42H30O6. The van der Waals surface area contributed by atoms with Gasteiger partial charge < -0.3 is 28.4 Å². The van der Waals surface area contributed by atoms with Gasteiger partial charge in [0.2, 0.25) is 0 Å². The first kappa shape index (κ1) is 30.0. The van der Waals surface area contributed by atoms with Crippen molar-refractivity contribution in [2.45, 2.75) is 0 Å². The Labute approximate surface area is 278 Å². The van der Waals surface area contributed by atoms with Crippen LogP contribution in [0.5, 0.6) is 69.0 Å². The van der Waals surface area contributed by atoms with Crippen LogP contribution in [0.2, 0.25) is 0 Å². The lowest BCUT2D eigenvalue weighted by Gasteiger charge is -2.14. The van der Waals surface area contributed by atoms with Gasteiger partial charge in [-0.05, 0) is 109 Å². The first-order valence-corrected chi connectivity index (χ1v) is 15.4. The minimum Gasteiger partial charge on any atom is -0.457 e. The van der Waals surface area contributed by atoms with Gasteiger partial charge in [-0.1, -0.05) is 54.6 Å². The van der Waals surface area contributed by atoms with E-state index in [0.29, 0.717) is 51.7 Å². The van der Waals surface area contributed by atoms with Gasteiger partial charge in [0.05, 0.1) is 0 Å². The van der Waals surface area contributed by atoms with Gasteiger partial charge in [0.25, 0.3) is 0 Å². The van der Waals surface area contributed by atoms with E-state index >= 15 is 0 Å². The summed E-state index contributed by atoms with van der Waals surface area (Å²) in [5, 5.41) is 0. The van der Waals surface area contributed by atoms with Crippen molar-refractivity contribution in [2.24, 2.45) is 0 Å². The summed E-state index contributed by atoms with van der Waals surface area (Å²) in [5.74, 6) is 7.88. The van der Waals surface area contributed by atoms with E-state index in [2.05, 4.69) is 0 Å². The van der Waals surface area contributed by atoms with Gasteiger partial charge in [0, 0.05) is 18.2 Å². The largest absolute Gasteiger partial charge is 0.457 e. The van der Waals surface area contributed by atoms with E-state index in [-0.39, 0.29) is 0 Å². The number of benzene rings is 7. The van der Waals surface area contributed by atoms with Crippen molar-refractivity contribution in [1.82, 2.24) is 0 Å². The molecule has 0 aliphatic heterocycles. The highest BCUT2D eigenvalue weighted by Crippen LogP contribution is 2.37.